The van der Waals surface area contributed by atoms with Crippen LogP contribution in [0.5, 0.6) is 5.75 Å². The Hall–Kier alpha value is -1.35. The number of hydrogen-bond donors (Lipinski definition) is 1. The van der Waals surface area contributed by atoms with Gasteiger partial charge in [-0.1, -0.05) is 19.9 Å². The molecule has 29 heavy (non-hydrogen) atoms. The van der Waals surface area contributed by atoms with Crippen molar-refractivity contribution in [2.75, 3.05) is 6.54 Å². The van der Waals surface area contributed by atoms with Gasteiger partial charge in [-0.05, 0) is 90.9 Å². The number of hydrogen-bond acceptors (Lipinski definition) is 7. The van der Waals surface area contributed by atoms with E-state index in [1.165, 1.54) is 11.1 Å². The van der Waals surface area contributed by atoms with Gasteiger partial charge in [-0.25, -0.2) is 0 Å². The van der Waals surface area contributed by atoms with Crippen LogP contribution in [-0.2, 0) is 22.2 Å². The molecule has 0 radical (unpaired) electrons. The highest BCUT2D eigenvalue weighted by molar-refractivity contribution is 7.90. The van der Waals surface area contributed by atoms with E-state index < -0.39 is 0 Å². The van der Waals surface area contributed by atoms with Crippen molar-refractivity contribution >= 4 is 12.3 Å². The summed E-state index contributed by atoms with van der Waals surface area (Å²) in [7, 11) is 0. The van der Waals surface area contributed by atoms with Crippen molar-refractivity contribution in [3.63, 3.8) is 0 Å². The second-order valence-electron chi connectivity index (χ2n) is 9.08. The number of fused-ring (bicyclic) bond motifs is 5. The average Bonchev–Trinajstić information content (AvgIpc) is 3.03. The van der Waals surface area contributed by atoms with Gasteiger partial charge in [-0.3, -0.25) is 10.1 Å². The van der Waals surface area contributed by atoms with Gasteiger partial charge in [0, 0.05) is 10.8 Å². The Kier molecular flexibility index (Phi) is 6.06. The summed E-state index contributed by atoms with van der Waals surface area (Å²) in [6, 6.07) is 4.47. The highest BCUT2D eigenvalue weighted by atomic mass is 32.2. The Balaban J connectivity index is 1.58. The topological polar surface area (TPSA) is 96.8 Å². The van der Waals surface area contributed by atoms with Gasteiger partial charge in [0.2, 0.25) is 6.54 Å². The van der Waals surface area contributed by atoms with Crippen LogP contribution in [0.1, 0.15) is 68.6 Å². The third kappa shape index (κ3) is 3.76. The summed E-state index contributed by atoms with van der Waals surface area (Å²) in [6.45, 7) is 4.58. The third-order valence-electron chi connectivity index (χ3n) is 8.04. The van der Waals surface area contributed by atoms with E-state index in [-0.39, 0.29) is 22.8 Å². The van der Waals surface area contributed by atoms with Crippen molar-refractivity contribution in [3.8, 4) is 5.75 Å². The Bertz CT molecular complexity index is 776. The zero-order valence-corrected chi connectivity index (χ0v) is 17.9. The number of nitro groups is 1. The normalized spacial score (nSPS) is 32.9. The van der Waals surface area contributed by atoms with Crippen molar-refractivity contribution in [1.82, 2.24) is 0 Å². The van der Waals surface area contributed by atoms with Gasteiger partial charge in [0.15, 0.2) is 0 Å². The summed E-state index contributed by atoms with van der Waals surface area (Å²) < 4.78 is 10.2. The molecule has 2 fully saturated rings. The molecule has 4 rings (SSSR count). The van der Waals surface area contributed by atoms with Gasteiger partial charge in [-0.2, -0.15) is 5.90 Å². The number of aryl methyl sites for hydroxylation is 2. The molecule has 1 aromatic carbocycles. The van der Waals surface area contributed by atoms with Crippen LogP contribution in [0.2, 0.25) is 0 Å². The molecule has 0 aromatic heterocycles. The molecule has 2 N–H and O–H groups in total. The molecule has 3 aliphatic carbocycles. The van der Waals surface area contributed by atoms with Gasteiger partial charge in [0.25, 0.3) is 12.3 Å². The third-order valence-corrected chi connectivity index (χ3v) is 8.43. The molecule has 8 heteroatoms. The van der Waals surface area contributed by atoms with Gasteiger partial charge >= 0.3 is 0 Å². The zero-order chi connectivity index (χ0) is 20.6. The van der Waals surface area contributed by atoms with Crippen LogP contribution in [0.15, 0.2) is 12.1 Å². The molecule has 0 spiro atoms. The minimum atomic E-state index is -0.104. The Morgan fingerprint density at radius 2 is 2.14 bits per heavy atom. The summed E-state index contributed by atoms with van der Waals surface area (Å²) >= 11 is 0.724. The smallest absolute Gasteiger partial charge is 0.260 e. The van der Waals surface area contributed by atoms with E-state index in [1.54, 1.807) is 0 Å². The summed E-state index contributed by atoms with van der Waals surface area (Å²) in [5.74, 6) is 7.71. The monoisotopic (exact) mass is 422 g/mol. The average molecular weight is 423 g/mol. The molecular formula is C21H30N2O5S. The van der Waals surface area contributed by atoms with E-state index in [9.17, 15) is 10.1 Å². The zero-order valence-electron chi connectivity index (χ0n) is 17.1. The highest BCUT2D eigenvalue weighted by Crippen LogP contribution is 2.63. The van der Waals surface area contributed by atoms with Crippen LogP contribution in [-0.4, -0.2) is 11.5 Å². The second-order valence-corrected chi connectivity index (χ2v) is 9.52. The summed E-state index contributed by atoms with van der Waals surface area (Å²) in [4.78, 5) is 15.2. The van der Waals surface area contributed by atoms with E-state index in [0.717, 1.165) is 68.6 Å². The van der Waals surface area contributed by atoms with Crippen LogP contribution >= 0.6 is 12.3 Å². The van der Waals surface area contributed by atoms with Crippen molar-refractivity contribution in [3.05, 3.63) is 38.9 Å². The van der Waals surface area contributed by atoms with Gasteiger partial charge in [0.1, 0.15) is 5.75 Å². The quantitative estimate of drug-likeness (QED) is 0.222. The lowest BCUT2D eigenvalue weighted by Crippen LogP contribution is -2.43. The molecule has 3 unspecified atom stereocenters. The molecule has 0 heterocycles. The molecule has 0 aliphatic heterocycles. The predicted molar refractivity (Wildman–Crippen MR) is 110 cm³/mol. The van der Waals surface area contributed by atoms with Crippen LogP contribution in [0.4, 0.5) is 0 Å². The fourth-order valence-corrected chi connectivity index (χ4v) is 6.94. The number of nitrogens with zero attached hydrogens (tertiary/aromatic N) is 1. The van der Waals surface area contributed by atoms with Crippen molar-refractivity contribution < 1.29 is 18.4 Å². The van der Waals surface area contributed by atoms with Crippen LogP contribution in [0, 0.1) is 33.3 Å². The van der Waals surface area contributed by atoms with Gasteiger partial charge < -0.3 is 4.18 Å². The molecule has 2 saturated carbocycles. The molecule has 7 nitrogen and oxygen atoms in total. The maximum atomic E-state index is 11.2. The van der Waals surface area contributed by atoms with Crippen molar-refractivity contribution in [1.29, 1.82) is 0 Å². The molecule has 0 amide bonds. The maximum Gasteiger partial charge on any atom is 0.260 e. The molecule has 1 aromatic rings. The predicted octanol–water partition coefficient (Wildman–Crippen LogP) is 4.76. The van der Waals surface area contributed by atoms with Gasteiger partial charge in [-0.15, -0.1) is 9.32 Å². The first kappa shape index (κ1) is 20.9. The number of benzene rings is 1. The van der Waals surface area contributed by atoms with E-state index >= 15 is 0 Å². The first-order chi connectivity index (χ1) is 14.0. The maximum absolute atomic E-state index is 11.2. The van der Waals surface area contributed by atoms with Crippen molar-refractivity contribution in [2.45, 2.75) is 64.7 Å². The largest absolute Gasteiger partial charge is 0.398 e. The molecular weight excluding hydrogens is 392 g/mol. The molecule has 160 valence electrons. The Morgan fingerprint density at radius 1 is 1.31 bits per heavy atom. The fraction of sp³-hybridized carbons (Fsp3) is 0.714. The summed E-state index contributed by atoms with van der Waals surface area (Å²) in [5, 5.41) is 11.2. The highest BCUT2D eigenvalue weighted by Gasteiger charge is 2.55. The summed E-state index contributed by atoms with van der Waals surface area (Å²) in [5.41, 5.74) is 4.10. The molecule has 0 bridgehead atoms. The van der Waals surface area contributed by atoms with E-state index in [0.29, 0.717) is 17.8 Å². The Labute approximate surface area is 176 Å². The van der Waals surface area contributed by atoms with Crippen LogP contribution in [0.25, 0.3) is 0 Å². The Morgan fingerprint density at radius 3 is 2.86 bits per heavy atom. The minimum Gasteiger partial charge on any atom is -0.398 e. The number of rotatable bonds is 7. The van der Waals surface area contributed by atoms with E-state index in [1.807, 2.05) is 0 Å². The molecule has 3 aliphatic rings. The summed E-state index contributed by atoms with van der Waals surface area (Å²) in [6.07, 6.45) is 7.42. The van der Waals surface area contributed by atoms with Gasteiger partial charge in [0.05, 0.1) is 0 Å². The lowest BCUT2D eigenvalue weighted by atomic mass is 9.54. The first-order valence-corrected chi connectivity index (χ1v) is 11.3. The SMILES string of the molecule is CCc1cc2c(cc1OSOON)CCC1C2CC[C@@]2(C)C1CC[C@@H]2C[N+](=O)[O-]. The molecule has 0 saturated heterocycles. The van der Waals surface area contributed by atoms with Crippen LogP contribution < -0.4 is 10.1 Å². The minimum absolute atomic E-state index is 0.104. The van der Waals surface area contributed by atoms with Crippen LogP contribution in [0.3, 0.4) is 0 Å². The van der Waals surface area contributed by atoms with Crippen molar-refractivity contribution in [2.24, 2.45) is 29.1 Å². The van der Waals surface area contributed by atoms with E-state index in [2.05, 4.69) is 35.3 Å². The lowest BCUT2D eigenvalue weighted by molar-refractivity contribution is -0.491. The molecule has 5 atom stereocenters. The fourth-order valence-electron chi connectivity index (χ4n) is 6.65. The number of nitrogens with two attached hydrogens (primary N) is 1. The first-order valence-electron chi connectivity index (χ1n) is 10.6. The van der Waals surface area contributed by atoms with E-state index in [4.69, 9.17) is 10.1 Å². The lowest BCUT2D eigenvalue weighted by Gasteiger charge is -2.50. The second kappa shape index (κ2) is 8.41. The standard InChI is InChI=1S/C21H30N2O5S/c1-3-13-10-18-14(11-20(13)26-29-28-27-22)4-6-17-16(18)8-9-21(2)15(12-23(24)25)5-7-19(17)21/h10-11,15-17,19H,3-9,12,22H2,1-2H3/t15-,16?,17?,19?,21-/m1/s1.